The summed E-state index contributed by atoms with van der Waals surface area (Å²) >= 11 is 1.48. The van der Waals surface area contributed by atoms with Crippen LogP contribution in [0.2, 0.25) is 0 Å². The maximum absolute atomic E-state index is 12.3. The first-order valence-corrected chi connectivity index (χ1v) is 10.5. The van der Waals surface area contributed by atoms with E-state index in [1.54, 1.807) is 0 Å². The Hall–Kier alpha value is -1.70. The van der Waals surface area contributed by atoms with Crippen molar-refractivity contribution in [3.05, 3.63) is 30.1 Å². The van der Waals surface area contributed by atoms with Crippen molar-refractivity contribution in [2.45, 2.75) is 38.4 Å². The van der Waals surface area contributed by atoms with Crippen molar-refractivity contribution in [3.8, 4) is 0 Å². The Labute approximate surface area is 165 Å². The highest BCUT2D eigenvalue weighted by Crippen LogP contribution is 2.25. The minimum Gasteiger partial charge on any atom is -0.379 e. The Kier molecular flexibility index (Phi) is 7.04. The molecule has 1 saturated heterocycles. The third-order valence-corrected chi connectivity index (χ3v) is 5.80. The molecule has 1 aromatic heterocycles. The summed E-state index contributed by atoms with van der Waals surface area (Å²) in [7, 11) is 0. The van der Waals surface area contributed by atoms with E-state index in [1.807, 2.05) is 31.2 Å². The van der Waals surface area contributed by atoms with E-state index in [4.69, 9.17) is 14.7 Å². The van der Waals surface area contributed by atoms with E-state index in [9.17, 15) is 4.79 Å². The SMILES string of the molecule is CC(C)C(C)NC(=O)CSc1nc(CN2CCOCC2)nc2ccccc12. The molecule has 0 aliphatic carbocycles. The molecule has 0 bridgehead atoms. The van der Waals surface area contributed by atoms with E-state index in [1.165, 1.54) is 11.8 Å². The zero-order valence-corrected chi connectivity index (χ0v) is 17.1. The van der Waals surface area contributed by atoms with Crippen LogP contribution in [0.25, 0.3) is 10.9 Å². The second-order valence-electron chi connectivity index (χ2n) is 7.24. The molecular weight excluding hydrogens is 360 g/mol. The Bertz CT molecular complexity index is 778. The Morgan fingerprint density at radius 1 is 1.22 bits per heavy atom. The number of carbonyl (C=O) groups is 1. The number of thioether (sulfide) groups is 1. The van der Waals surface area contributed by atoms with Crippen LogP contribution in [-0.4, -0.2) is 58.9 Å². The maximum atomic E-state index is 12.3. The third kappa shape index (κ3) is 5.64. The van der Waals surface area contributed by atoms with Crippen LogP contribution in [0.5, 0.6) is 0 Å². The number of ether oxygens (including phenoxy) is 1. The number of benzene rings is 1. The van der Waals surface area contributed by atoms with E-state index < -0.39 is 0 Å². The van der Waals surface area contributed by atoms with Gasteiger partial charge in [0.2, 0.25) is 5.91 Å². The summed E-state index contributed by atoms with van der Waals surface area (Å²) in [6, 6.07) is 8.16. The van der Waals surface area contributed by atoms with Gasteiger partial charge in [-0.05, 0) is 18.9 Å². The van der Waals surface area contributed by atoms with Gasteiger partial charge in [-0.2, -0.15) is 0 Å². The summed E-state index contributed by atoms with van der Waals surface area (Å²) in [5.41, 5.74) is 0.925. The van der Waals surface area contributed by atoms with Crippen molar-refractivity contribution in [3.63, 3.8) is 0 Å². The molecule has 1 unspecified atom stereocenters. The highest BCUT2D eigenvalue weighted by atomic mass is 32.2. The van der Waals surface area contributed by atoms with E-state index >= 15 is 0 Å². The number of amides is 1. The van der Waals surface area contributed by atoms with Crippen molar-refractivity contribution in [2.75, 3.05) is 32.1 Å². The fraction of sp³-hybridized carbons (Fsp3) is 0.550. The second kappa shape index (κ2) is 9.48. The lowest BCUT2D eigenvalue weighted by atomic mass is 10.1. The van der Waals surface area contributed by atoms with Crippen LogP contribution < -0.4 is 5.32 Å². The quantitative estimate of drug-likeness (QED) is 0.581. The molecule has 0 radical (unpaired) electrons. The summed E-state index contributed by atoms with van der Waals surface area (Å²) in [5, 5.41) is 4.92. The molecule has 1 aliphatic heterocycles. The fourth-order valence-corrected chi connectivity index (χ4v) is 3.68. The van der Waals surface area contributed by atoms with Gasteiger partial charge in [0.25, 0.3) is 0 Å². The molecule has 1 aromatic carbocycles. The first-order chi connectivity index (χ1) is 13.0. The van der Waals surface area contributed by atoms with Crippen molar-refractivity contribution >= 4 is 28.6 Å². The minimum absolute atomic E-state index is 0.0404. The molecule has 2 heterocycles. The highest BCUT2D eigenvalue weighted by molar-refractivity contribution is 8.00. The molecule has 1 N–H and O–H groups in total. The first kappa shape index (κ1) is 20.0. The number of rotatable bonds is 7. The number of nitrogens with zero attached hydrogens (tertiary/aromatic N) is 3. The zero-order chi connectivity index (χ0) is 19.2. The molecule has 0 spiro atoms. The van der Waals surface area contributed by atoms with Crippen molar-refractivity contribution in [1.29, 1.82) is 0 Å². The Morgan fingerprint density at radius 3 is 2.70 bits per heavy atom. The van der Waals surface area contributed by atoms with Crippen LogP contribution in [0.4, 0.5) is 0 Å². The molecule has 1 atom stereocenters. The average Bonchev–Trinajstić information content (AvgIpc) is 2.66. The molecule has 1 fully saturated rings. The van der Waals surface area contributed by atoms with Gasteiger partial charge in [0, 0.05) is 24.5 Å². The van der Waals surface area contributed by atoms with Crippen LogP contribution in [0.15, 0.2) is 29.3 Å². The molecule has 6 nitrogen and oxygen atoms in total. The Morgan fingerprint density at radius 2 is 1.96 bits per heavy atom. The number of fused-ring (bicyclic) bond motifs is 1. The lowest BCUT2D eigenvalue weighted by Gasteiger charge is -2.25. The smallest absolute Gasteiger partial charge is 0.230 e. The van der Waals surface area contributed by atoms with Gasteiger partial charge in [0.15, 0.2) is 0 Å². The second-order valence-corrected chi connectivity index (χ2v) is 8.20. The largest absolute Gasteiger partial charge is 0.379 e. The lowest BCUT2D eigenvalue weighted by Crippen LogP contribution is -2.37. The summed E-state index contributed by atoms with van der Waals surface area (Å²) in [6.07, 6.45) is 0. The van der Waals surface area contributed by atoms with Crippen molar-refractivity contribution < 1.29 is 9.53 Å². The number of nitrogens with one attached hydrogen (secondary N) is 1. The monoisotopic (exact) mass is 388 g/mol. The van der Waals surface area contributed by atoms with Crippen LogP contribution in [-0.2, 0) is 16.1 Å². The Balaban J connectivity index is 1.73. The molecule has 146 valence electrons. The van der Waals surface area contributed by atoms with Gasteiger partial charge in [-0.3, -0.25) is 9.69 Å². The van der Waals surface area contributed by atoms with Crippen LogP contribution in [0.1, 0.15) is 26.6 Å². The highest BCUT2D eigenvalue weighted by Gasteiger charge is 2.16. The number of aromatic nitrogens is 2. The van der Waals surface area contributed by atoms with Gasteiger partial charge in [0.1, 0.15) is 10.9 Å². The predicted octanol–water partition coefficient (Wildman–Crippen LogP) is 2.71. The van der Waals surface area contributed by atoms with E-state index in [0.717, 1.165) is 48.1 Å². The first-order valence-electron chi connectivity index (χ1n) is 9.51. The lowest BCUT2D eigenvalue weighted by molar-refractivity contribution is -0.119. The topological polar surface area (TPSA) is 67.4 Å². The normalized spacial score (nSPS) is 16.6. The van der Waals surface area contributed by atoms with Crippen LogP contribution in [0, 0.1) is 5.92 Å². The minimum atomic E-state index is 0.0404. The number of hydrogen-bond donors (Lipinski definition) is 1. The molecule has 3 rings (SSSR count). The molecule has 0 saturated carbocycles. The maximum Gasteiger partial charge on any atom is 0.230 e. The third-order valence-electron chi connectivity index (χ3n) is 4.81. The number of para-hydroxylation sites is 1. The average molecular weight is 389 g/mol. The summed E-state index contributed by atoms with van der Waals surface area (Å²) < 4.78 is 5.41. The van der Waals surface area contributed by atoms with Crippen molar-refractivity contribution in [2.24, 2.45) is 5.92 Å². The van der Waals surface area contributed by atoms with E-state index in [-0.39, 0.29) is 11.9 Å². The molecule has 1 aliphatic rings. The number of carbonyl (C=O) groups excluding carboxylic acids is 1. The predicted molar refractivity (Wildman–Crippen MR) is 109 cm³/mol. The fourth-order valence-electron chi connectivity index (χ4n) is 2.83. The molecule has 7 heteroatoms. The molecule has 2 aromatic rings. The van der Waals surface area contributed by atoms with Gasteiger partial charge >= 0.3 is 0 Å². The van der Waals surface area contributed by atoms with Crippen LogP contribution >= 0.6 is 11.8 Å². The number of hydrogen-bond acceptors (Lipinski definition) is 6. The summed E-state index contributed by atoms with van der Waals surface area (Å²) in [6.45, 7) is 10.3. The standard InChI is InChI=1S/C20H28N4O2S/c1-14(2)15(3)21-19(25)13-27-20-16-6-4-5-7-17(16)22-18(23-20)12-24-8-10-26-11-9-24/h4-7,14-15H,8-13H2,1-3H3,(H,21,25). The van der Waals surface area contributed by atoms with Crippen molar-refractivity contribution in [1.82, 2.24) is 20.2 Å². The summed E-state index contributed by atoms with van der Waals surface area (Å²) in [4.78, 5) is 24.1. The van der Waals surface area contributed by atoms with Gasteiger partial charge in [-0.25, -0.2) is 9.97 Å². The molecular formula is C20H28N4O2S. The van der Waals surface area contributed by atoms with Gasteiger partial charge in [0.05, 0.1) is 31.0 Å². The van der Waals surface area contributed by atoms with Gasteiger partial charge in [-0.15, -0.1) is 0 Å². The summed E-state index contributed by atoms with van der Waals surface area (Å²) in [5.74, 6) is 1.61. The van der Waals surface area contributed by atoms with E-state index in [0.29, 0.717) is 18.2 Å². The van der Waals surface area contributed by atoms with Crippen LogP contribution in [0.3, 0.4) is 0 Å². The van der Waals surface area contributed by atoms with E-state index in [2.05, 4.69) is 24.1 Å². The van der Waals surface area contributed by atoms with Gasteiger partial charge < -0.3 is 10.1 Å². The molecule has 1 amide bonds. The molecule has 27 heavy (non-hydrogen) atoms. The van der Waals surface area contributed by atoms with Gasteiger partial charge in [-0.1, -0.05) is 43.8 Å². The number of morpholine rings is 1. The zero-order valence-electron chi connectivity index (χ0n) is 16.3.